The summed E-state index contributed by atoms with van der Waals surface area (Å²) in [6.45, 7) is 2.77. The first kappa shape index (κ1) is 15.2. The summed E-state index contributed by atoms with van der Waals surface area (Å²) in [5, 5.41) is 2.63. The van der Waals surface area contributed by atoms with E-state index in [1.807, 2.05) is 0 Å². The van der Waals surface area contributed by atoms with E-state index >= 15 is 0 Å². The number of hydrogen-bond acceptors (Lipinski definition) is 4. The van der Waals surface area contributed by atoms with Crippen molar-refractivity contribution in [3.63, 3.8) is 0 Å². The molecule has 1 aliphatic rings. The Balaban J connectivity index is 1.85. The lowest BCUT2D eigenvalue weighted by atomic mass is 10.2. The van der Waals surface area contributed by atoms with Crippen LogP contribution in [0, 0.1) is 5.82 Å². The van der Waals surface area contributed by atoms with Crippen molar-refractivity contribution in [3.05, 3.63) is 30.1 Å². The number of ether oxygens (including phenoxy) is 2. The van der Waals surface area contributed by atoms with Crippen LogP contribution in [0.1, 0.15) is 6.92 Å². The summed E-state index contributed by atoms with van der Waals surface area (Å²) < 4.78 is 23.0. The Labute approximate surface area is 121 Å². The Hall–Kier alpha value is -2.15. The number of halogens is 1. The largest absolute Gasteiger partial charge is 0.442 e. The molecule has 0 spiro atoms. The standard InChI is InChI=1S/C14H17FN2O4/c1-2-20-9-13(18)16-7-12-8-17(14(19)21-12)11-5-3-10(15)4-6-11/h3-6,12H,2,7-9H2,1H3,(H,16,18). The van der Waals surface area contributed by atoms with E-state index in [1.54, 1.807) is 6.92 Å². The molecule has 1 fully saturated rings. The van der Waals surface area contributed by atoms with Gasteiger partial charge < -0.3 is 14.8 Å². The lowest BCUT2D eigenvalue weighted by Gasteiger charge is -2.13. The molecule has 7 heteroatoms. The zero-order valence-corrected chi connectivity index (χ0v) is 11.7. The minimum Gasteiger partial charge on any atom is -0.442 e. The van der Waals surface area contributed by atoms with Gasteiger partial charge in [-0.25, -0.2) is 9.18 Å². The van der Waals surface area contributed by atoms with E-state index in [4.69, 9.17) is 9.47 Å². The van der Waals surface area contributed by atoms with Crippen LogP contribution in [0.4, 0.5) is 14.9 Å². The van der Waals surface area contributed by atoms with Crippen LogP contribution in [0.5, 0.6) is 0 Å². The fraction of sp³-hybridized carbons (Fsp3) is 0.429. The number of nitrogens with one attached hydrogen (secondary N) is 1. The van der Waals surface area contributed by atoms with Crippen molar-refractivity contribution < 1.29 is 23.5 Å². The molecule has 6 nitrogen and oxygen atoms in total. The van der Waals surface area contributed by atoms with Gasteiger partial charge in [-0.2, -0.15) is 0 Å². The maximum atomic E-state index is 12.9. The van der Waals surface area contributed by atoms with Crippen molar-refractivity contribution in [2.45, 2.75) is 13.0 Å². The summed E-state index contributed by atoms with van der Waals surface area (Å²) in [4.78, 5) is 24.6. The summed E-state index contributed by atoms with van der Waals surface area (Å²) in [5.41, 5.74) is 0.560. The molecule has 1 heterocycles. The van der Waals surface area contributed by atoms with Crippen LogP contribution in [0.2, 0.25) is 0 Å². The normalized spacial score (nSPS) is 17.7. The average Bonchev–Trinajstić information content (AvgIpc) is 2.85. The zero-order valence-electron chi connectivity index (χ0n) is 11.7. The molecule has 21 heavy (non-hydrogen) atoms. The molecule has 1 N–H and O–H groups in total. The van der Waals surface area contributed by atoms with Gasteiger partial charge in [-0.05, 0) is 31.2 Å². The second-order valence-corrected chi connectivity index (χ2v) is 4.53. The topological polar surface area (TPSA) is 67.9 Å². The van der Waals surface area contributed by atoms with E-state index in [0.29, 0.717) is 18.8 Å². The number of carbonyl (C=O) groups excluding carboxylic acids is 2. The molecule has 114 valence electrons. The lowest BCUT2D eigenvalue weighted by molar-refractivity contribution is -0.125. The molecule has 0 bridgehead atoms. The molecule has 0 radical (unpaired) electrons. The number of cyclic esters (lactones) is 1. The van der Waals surface area contributed by atoms with Gasteiger partial charge in [0.2, 0.25) is 5.91 Å². The van der Waals surface area contributed by atoms with Crippen LogP contribution in [0.3, 0.4) is 0 Å². The predicted octanol–water partition coefficient (Wildman–Crippen LogP) is 1.30. The minimum atomic E-state index is -0.509. The molecule has 1 unspecified atom stereocenters. The molecular formula is C14H17FN2O4. The maximum Gasteiger partial charge on any atom is 0.414 e. The van der Waals surface area contributed by atoms with Crippen LogP contribution < -0.4 is 10.2 Å². The zero-order chi connectivity index (χ0) is 15.2. The molecule has 1 aromatic carbocycles. The third-order valence-corrected chi connectivity index (χ3v) is 2.98. The van der Waals surface area contributed by atoms with Gasteiger partial charge in [-0.1, -0.05) is 0 Å². The van der Waals surface area contributed by atoms with Crippen molar-refractivity contribution in [2.24, 2.45) is 0 Å². The molecule has 0 aliphatic carbocycles. The third kappa shape index (κ3) is 4.16. The molecular weight excluding hydrogens is 279 g/mol. The van der Waals surface area contributed by atoms with Crippen molar-refractivity contribution in [3.8, 4) is 0 Å². The van der Waals surface area contributed by atoms with E-state index in [2.05, 4.69) is 5.32 Å². The molecule has 2 amide bonds. The van der Waals surface area contributed by atoms with Gasteiger partial charge in [0, 0.05) is 12.3 Å². The van der Waals surface area contributed by atoms with Crippen LogP contribution in [0.25, 0.3) is 0 Å². The highest BCUT2D eigenvalue weighted by Gasteiger charge is 2.32. The van der Waals surface area contributed by atoms with E-state index in [-0.39, 0.29) is 24.9 Å². The van der Waals surface area contributed by atoms with Gasteiger partial charge in [-0.3, -0.25) is 9.69 Å². The minimum absolute atomic E-state index is 0.0150. The second-order valence-electron chi connectivity index (χ2n) is 4.53. The lowest BCUT2D eigenvalue weighted by Crippen LogP contribution is -2.36. The SMILES string of the molecule is CCOCC(=O)NCC1CN(c2ccc(F)cc2)C(=O)O1. The summed E-state index contributed by atoms with van der Waals surface area (Å²) >= 11 is 0. The number of hydrogen-bond donors (Lipinski definition) is 1. The number of amides is 2. The quantitative estimate of drug-likeness (QED) is 0.859. The van der Waals surface area contributed by atoms with Gasteiger partial charge in [0.1, 0.15) is 18.5 Å². The first-order valence-corrected chi connectivity index (χ1v) is 6.68. The van der Waals surface area contributed by atoms with Gasteiger partial charge in [0.15, 0.2) is 0 Å². The van der Waals surface area contributed by atoms with Crippen molar-refractivity contribution in [1.82, 2.24) is 5.32 Å². The highest BCUT2D eigenvalue weighted by Crippen LogP contribution is 2.21. The summed E-state index contributed by atoms with van der Waals surface area (Å²) in [6, 6.07) is 5.57. The Morgan fingerprint density at radius 3 is 2.86 bits per heavy atom. The molecule has 1 aromatic rings. The second kappa shape index (κ2) is 7.03. The third-order valence-electron chi connectivity index (χ3n) is 2.98. The van der Waals surface area contributed by atoms with E-state index in [1.165, 1.54) is 29.2 Å². The van der Waals surface area contributed by atoms with Crippen LogP contribution >= 0.6 is 0 Å². The summed E-state index contributed by atoms with van der Waals surface area (Å²) in [5.74, 6) is -0.626. The van der Waals surface area contributed by atoms with Crippen LogP contribution in [-0.4, -0.2) is 44.4 Å². The number of rotatable bonds is 6. The van der Waals surface area contributed by atoms with Gasteiger partial charge in [-0.15, -0.1) is 0 Å². The van der Waals surface area contributed by atoms with E-state index in [0.717, 1.165) is 0 Å². The molecule has 1 atom stereocenters. The first-order valence-electron chi connectivity index (χ1n) is 6.68. The molecule has 1 saturated heterocycles. The number of anilines is 1. The molecule has 1 aliphatic heterocycles. The fourth-order valence-electron chi connectivity index (χ4n) is 1.93. The Kier molecular flexibility index (Phi) is 5.10. The molecule has 2 rings (SSSR count). The monoisotopic (exact) mass is 296 g/mol. The Morgan fingerprint density at radius 1 is 1.48 bits per heavy atom. The average molecular weight is 296 g/mol. The Morgan fingerprint density at radius 2 is 2.19 bits per heavy atom. The maximum absolute atomic E-state index is 12.9. The summed E-state index contributed by atoms with van der Waals surface area (Å²) in [6.07, 6.45) is -0.946. The highest BCUT2D eigenvalue weighted by molar-refractivity contribution is 5.89. The highest BCUT2D eigenvalue weighted by atomic mass is 19.1. The van der Waals surface area contributed by atoms with E-state index < -0.39 is 12.2 Å². The predicted molar refractivity (Wildman–Crippen MR) is 73.5 cm³/mol. The van der Waals surface area contributed by atoms with Crippen molar-refractivity contribution in [2.75, 3.05) is 31.2 Å². The van der Waals surface area contributed by atoms with Crippen LogP contribution in [-0.2, 0) is 14.3 Å². The van der Waals surface area contributed by atoms with E-state index in [9.17, 15) is 14.0 Å². The van der Waals surface area contributed by atoms with Crippen LogP contribution in [0.15, 0.2) is 24.3 Å². The number of benzene rings is 1. The number of nitrogens with zero attached hydrogens (tertiary/aromatic N) is 1. The fourth-order valence-corrected chi connectivity index (χ4v) is 1.93. The van der Waals surface area contributed by atoms with Crippen molar-refractivity contribution >= 4 is 17.7 Å². The van der Waals surface area contributed by atoms with Gasteiger partial charge in [0.05, 0.1) is 13.1 Å². The van der Waals surface area contributed by atoms with Crippen molar-refractivity contribution in [1.29, 1.82) is 0 Å². The van der Waals surface area contributed by atoms with Gasteiger partial charge in [0.25, 0.3) is 0 Å². The first-order chi connectivity index (χ1) is 10.1. The number of carbonyl (C=O) groups is 2. The summed E-state index contributed by atoms with van der Waals surface area (Å²) in [7, 11) is 0. The molecule has 0 aromatic heterocycles. The Bertz CT molecular complexity index is 506. The smallest absolute Gasteiger partial charge is 0.414 e. The van der Waals surface area contributed by atoms with Gasteiger partial charge >= 0.3 is 6.09 Å². The molecule has 0 saturated carbocycles.